The second-order valence-electron chi connectivity index (χ2n) is 7.45. The van der Waals surface area contributed by atoms with E-state index in [1.165, 1.54) is 11.1 Å². The van der Waals surface area contributed by atoms with Crippen molar-refractivity contribution < 1.29 is 4.79 Å². The Labute approximate surface area is 169 Å². The van der Waals surface area contributed by atoms with Gasteiger partial charge in [-0.15, -0.1) is 0 Å². The Morgan fingerprint density at radius 1 is 0.931 bits per heavy atom. The van der Waals surface area contributed by atoms with Gasteiger partial charge in [-0.05, 0) is 23.3 Å². The molecule has 29 heavy (non-hydrogen) atoms. The van der Waals surface area contributed by atoms with Crippen LogP contribution < -0.4 is 0 Å². The van der Waals surface area contributed by atoms with Gasteiger partial charge >= 0.3 is 0 Å². The van der Waals surface area contributed by atoms with Crippen molar-refractivity contribution in [1.82, 2.24) is 19.7 Å². The predicted octanol–water partition coefficient (Wildman–Crippen LogP) is 4.28. The van der Waals surface area contributed by atoms with Crippen LogP contribution in [0.15, 0.2) is 72.9 Å². The Bertz CT molecular complexity index is 1160. The number of aromatic amines is 1. The van der Waals surface area contributed by atoms with E-state index in [4.69, 9.17) is 0 Å². The lowest BCUT2D eigenvalue weighted by Gasteiger charge is -2.27. The second-order valence-corrected chi connectivity index (χ2v) is 7.45. The first kappa shape index (κ1) is 17.5. The largest absolute Gasteiger partial charge is 0.347 e. The molecule has 5 heteroatoms. The van der Waals surface area contributed by atoms with Gasteiger partial charge in [-0.3, -0.25) is 9.89 Å². The van der Waals surface area contributed by atoms with E-state index < -0.39 is 0 Å². The van der Waals surface area contributed by atoms with Gasteiger partial charge in [0.15, 0.2) is 0 Å². The zero-order valence-corrected chi connectivity index (χ0v) is 16.3. The van der Waals surface area contributed by atoms with Crippen LogP contribution in [0.4, 0.5) is 0 Å². The third kappa shape index (κ3) is 3.14. The number of hydrogen-bond donors (Lipinski definition) is 1. The summed E-state index contributed by atoms with van der Waals surface area (Å²) in [6.45, 7) is 1.28. The van der Waals surface area contributed by atoms with Gasteiger partial charge < -0.3 is 9.47 Å². The standard InChI is InChI=1S/C24H22N4O/c1-27-14-5-8-22(27)24(29)28-15-13-21-20(16-28)23(26-25-21)19-11-9-18(10-12-19)17-6-3-2-4-7-17/h2-12,14H,13,15-16H2,1H3,(H,25,26). The molecule has 4 aromatic rings. The van der Waals surface area contributed by atoms with Crippen LogP contribution in [-0.4, -0.2) is 32.1 Å². The molecule has 2 aromatic heterocycles. The quantitative estimate of drug-likeness (QED) is 0.575. The molecule has 0 saturated heterocycles. The first-order valence-corrected chi connectivity index (χ1v) is 9.83. The number of nitrogens with zero attached hydrogens (tertiary/aromatic N) is 3. The average molecular weight is 382 g/mol. The molecular weight excluding hydrogens is 360 g/mol. The predicted molar refractivity (Wildman–Crippen MR) is 113 cm³/mol. The lowest BCUT2D eigenvalue weighted by Crippen LogP contribution is -2.36. The maximum Gasteiger partial charge on any atom is 0.270 e. The highest BCUT2D eigenvalue weighted by Gasteiger charge is 2.27. The van der Waals surface area contributed by atoms with Crippen LogP contribution in [0, 0.1) is 0 Å². The Hall–Kier alpha value is -3.60. The zero-order chi connectivity index (χ0) is 19.8. The van der Waals surface area contributed by atoms with Crippen molar-refractivity contribution in [1.29, 1.82) is 0 Å². The van der Waals surface area contributed by atoms with Crippen molar-refractivity contribution in [2.75, 3.05) is 6.54 Å². The number of rotatable bonds is 3. The summed E-state index contributed by atoms with van der Waals surface area (Å²) in [5.41, 5.74) is 7.33. The number of benzene rings is 2. The number of aromatic nitrogens is 3. The molecule has 0 fully saturated rings. The molecule has 144 valence electrons. The van der Waals surface area contributed by atoms with Crippen LogP contribution in [-0.2, 0) is 20.0 Å². The first-order chi connectivity index (χ1) is 14.2. The summed E-state index contributed by atoms with van der Waals surface area (Å²) >= 11 is 0. The normalized spacial score (nSPS) is 13.3. The van der Waals surface area contributed by atoms with E-state index in [1.807, 2.05) is 53.0 Å². The van der Waals surface area contributed by atoms with E-state index in [9.17, 15) is 4.79 Å². The van der Waals surface area contributed by atoms with E-state index in [0.717, 1.165) is 28.9 Å². The Morgan fingerprint density at radius 2 is 1.66 bits per heavy atom. The molecular formula is C24H22N4O. The summed E-state index contributed by atoms with van der Waals surface area (Å²) in [4.78, 5) is 14.8. The van der Waals surface area contributed by atoms with Crippen LogP contribution in [0.25, 0.3) is 22.4 Å². The van der Waals surface area contributed by atoms with Crippen molar-refractivity contribution in [2.24, 2.45) is 7.05 Å². The van der Waals surface area contributed by atoms with Crippen molar-refractivity contribution >= 4 is 5.91 Å². The molecule has 1 amide bonds. The van der Waals surface area contributed by atoms with Crippen LogP contribution in [0.5, 0.6) is 0 Å². The summed E-state index contributed by atoms with van der Waals surface area (Å²) in [5, 5.41) is 7.76. The molecule has 0 saturated carbocycles. The van der Waals surface area contributed by atoms with Crippen LogP contribution in [0.3, 0.4) is 0 Å². The minimum absolute atomic E-state index is 0.0646. The summed E-state index contributed by atoms with van der Waals surface area (Å²) in [6, 6.07) is 22.6. The van der Waals surface area contributed by atoms with Gasteiger partial charge in [0.2, 0.25) is 0 Å². The third-order valence-electron chi connectivity index (χ3n) is 5.65. The minimum atomic E-state index is 0.0646. The fraction of sp³-hybridized carbons (Fsp3) is 0.167. The number of hydrogen-bond acceptors (Lipinski definition) is 2. The lowest BCUT2D eigenvalue weighted by molar-refractivity contribution is 0.0725. The van der Waals surface area contributed by atoms with Gasteiger partial charge in [0.25, 0.3) is 5.91 Å². The number of aryl methyl sites for hydroxylation is 1. The number of fused-ring (bicyclic) bond motifs is 1. The fourth-order valence-corrected chi connectivity index (χ4v) is 4.00. The monoisotopic (exact) mass is 382 g/mol. The van der Waals surface area contributed by atoms with Gasteiger partial charge in [0.1, 0.15) is 5.69 Å². The highest BCUT2D eigenvalue weighted by Crippen LogP contribution is 2.30. The minimum Gasteiger partial charge on any atom is -0.347 e. The molecule has 0 radical (unpaired) electrons. The highest BCUT2D eigenvalue weighted by atomic mass is 16.2. The maximum atomic E-state index is 12.9. The molecule has 5 rings (SSSR count). The van der Waals surface area contributed by atoms with Crippen molar-refractivity contribution in [3.05, 3.63) is 89.9 Å². The number of H-pyrrole nitrogens is 1. The SMILES string of the molecule is Cn1cccc1C(=O)N1CCc2[nH]nc(-c3ccc(-c4ccccc4)cc3)c2C1. The molecule has 0 unspecified atom stereocenters. The molecule has 1 N–H and O–H groups in total. The number of carbonyl (C=O) groups is 1. The van der Waals surface area contributed by atoms with Crippen LogP contribution in [0.2, 0.25) is 0 Å². The van der Waals surface area contributed by atoms with E-state index in [0.29, 0.717) is 18.8 Å². The Morgan fingerprint density at radius 3 is 2.38 bits per heavy atom. The van der Waals surface area contributed by atoms with Crippen molar-refractivity contribution in [3.63, 3.8) is 0 Å². The summed E-state index contributed by atoms with van der Waals surface area (Å²) < 4.78 is 1.87. The Balaban J connectivity index is 1.42. The molecule has 5 nitrogen and oxygen atoms in total. The smallest absolute Gasteiger partial charge is 0.270 e. The van der Waals surface area contributed by atoms with E-state index in [-0.39, 0.29) is 5.91 Å². The number of nitrogens with one attached hydrogen (secondary N) is 1. The third-order valence-corrected chi connectivity index (χ3v) is 5.65. The van der Waals surface area contributed by atoms with Crippen LogP contribution >= 0.6 is 0 Å². The molecule has 0 spiro atoms. The van der Waals surface area contributed by atoms with Gasteiger partial charge in [-0.2, -0.15) is 5.10 Å². The van der Waals surface area contributed by atoms with Gasteiger partial charge in [0, 0.05) is 43.0 Å². The maximum absolute atomic E-state index is 12.9. The summed E-state index contributed by atoms with van der Waals surface area (Å²) in [7, 11) is 1.90. The average Bonchev–Trinajstić information content (AvgIpc) is 3.39. The van der Waals surface area contributed by atoms with E-state index in [2.05, 4.69) is 46.6 Å². The van der Waals surface area contributed by atoms with Crippen LogP contribution in [0.1, 0.15) is 21.7 Å². The van der Waals surface area contributed by atoms with Gasteiger partial charge in [0.05, 0.1) is 12.2 Å². The molecule has 1 aliphatic heterocycles. The van der Waals surface area contributed by atoms with Gasteiger partial charge in [-0.25, -0.2) is 0 Å². The number of carbonyl (C=O) groups excluding carboxylic acids is 1. The molecule has 0 bridgehead atoms. The zero-order valence-electron chi connectivity index (χ0n) is 16.3. The lowest BCUT2D eigenvalue weighted by atomic mass is 9.98. The highest BCUT2D eigenvalue weighted by molar-refractivity contribution is 5.93. The van der Waals surface area contributed by atoms with E-state index >= 15 is 0 Å². The molecule has 1 aliphatic rings. The Kier molecular flexibility index (Phi) is 4.28. The van der Waals surface area contributed by atoms with E-state index in [1.54, 1.807) is 0 Å². The molecule has 0 atom stereocenters. The second kappa shape index (κ2) is 7.09. The topological polar surface area (TPSA) is 53.9 Å². The number of amides is 1. The molecule has 2 aromatic carbocycles. The summed E-state index contributed by atoms with van der Waals surface area (Å²) in [5.74, 6) is 0.0646. The molecule has 0 aliphatic carbocycles. The first-order valence-electron chi connectivity index (χ1n) is 9.83. The van der Waals surface area contributed by atoms with Gasteiger partial charge in [-0.1, -0.05) is 54.6 Å². The fourth-order valence-electron chi connectivity index (χ4n) is 4.00. The summed E-state index contributed by atoms with van der Waals surface area (Å²) in [6.07, 6.45) is 2.70. The molecule has 3 heterocycles. The van der Waals surface area contributed by atoms with Crippen molar-refractivity contribution in [2.45, 2.75) is 13.0 Å². The van der Waals surface area contributed by atoms with Crippen molar-refractivity contribution in [3.8, 4) is 22.4 Å².